The second-order valence-corrected chi connectivity index (χ2v) is 8.71. The van der Waals surface area contributed by atoms with Crippen LogP contribution in [0.4, 0.5) is 5.69 Å². The zero-order valence-electron chi connectivity index (χ0n) is 19.2. The van der Waals surface area contributed by atoms with Gasteiger partial charge in [-0.1, -0.05) is 39.8 Å². The molecular weight excluding hydrogens is 410 g/mol. The Bertz CT molecular complexity index is 902. The fourth-order valence-electron chi connectivity index (χ4n) is 3.43. The van der Waals surface area contributed by atoms with Gasteiger partial charge in [0.2, 0.25) is 5.91 Å². The van der Waals surface area contributed by atoms with Gasteiger partial charge in [-0.25, -0.2) is 4.90 Å². The van der Waals surface area contributed by atoms with Gasteiger partial charge in [-0.05, 0) is 30.5 Å². The monoisotopic (exact) mass is 441 g/mol. The van der Waals surface area contributed by atoms with Gasteiger partial charge in [0.25, 0.3) is 11.8 Å². The first-order chi connectivity index (χ1) is 15.0. The number of aldehydes is 1. The van der Waals surface area contributed by atoms with E-state index in [0.717, 1.165) is 11.2 Å². The third-order valence-electron chi connectivity index (χ3n) is 5.68. The zero-order chi connectivity index (χ0) is 24.1. The predicted octanol–water partition coefficient (Wildman–Crippen LogP) is 1.57. The highest BCUT2D eigenvalue weighted by Crippen LogP contribution is 2.20. The predicted molar refractivity (Wildman–Crippen MR) is 121 cm³/mol. The van der Waals surface area contributed by atoms with Crippen molar-refractivity contribution in [1.82, 2.24) is 10.6 Å². The molecule has 1 heterocycles. The maximum absolute atomic E-state index is 12.7. The third kappa shape index (κ3) is 5.76. The van der Waals surface area contributed by atoms with Gasteiger partial charge >= 0.3 is 0 Å². The highest BCUT2D eigenvalue weighted by atomic mass is 16.2. The molecule has 0 bridgehead atoms. The van der Waals surface area contributed by atoms with Crippen molar-refractivity contribution in [2.45, 2.75) is 52.6 Å². The molecule has 0 aromatic heterocycles. The van der Waals surface area contributed by atoms with E-state index < -0.39 is 23.4 Å². The molecule has 0 saturated carbocycles. The van der Waals surface area contributed by atoms with Gasteiger partial charge in [0.1, 0.15) is 11.8 Å². The number of nitrogens with one attached hydrogen (secondary N) is 2. The minimum absolute atomic E-state index is 0.0171. The number of hydrogen-bond acceptors (Lipinski definition) is 6. The van der Waals surface area contributed by atoms with E-state index in [1.54, 1.807) is 31.2 Å². The lowest BCUT2D eigenvalue weighted by molar-refractivity contribution is -0.128. The SMILES string of the molecule is CC(C)C(=O)[C@H](C)NCC(C=O)(NC(=O)Cc1ccc(N2C(=O)C=CC2=O)cc1)C(C)C. The molecule has 1 aromatic carbocycles. The molecule has 1 unspecified atom stereocenters. The van der Waals surface area contributed by atoms with Gasteiger partial charge in [0.05, 0.1) is 18.2 Å². The van der Waals surface area contributed by atoms with Crippen LogP contribution in [0.5, 0.6) is 0 Å². The number of carbonyl (C=O) groups is 5. The van der Waals surface area contributed by atoms with Crippen molar-refractivity contribution in [2.75, 3.05) is 11.4 Å². The molecule has 172 valence electrons. The van der Waals surface area contributed by atoms with E-state index in [1.165, 1.54) is 12.2 Å². The minimum Gasteiger partial charge on any atom is -0.342 e. The molecule has 1 aliphatic rings. The van der Waals surface area contributed by atoms with Crippen LogP contribution in [0.1, 0.15) is 40.2 Å². The molecule has 8 nitrogen and oxygen atoms in total. The number of amides is 3. The number of hydrogen-bond donors (Lipinski definition) is 2. The van der Waals surface area contributed by atoms with Crippen LogP contribution in [0.15, 0.2) is 36.4 Å². The number of Topliss-reactive ketones (excluding diaryl/α,β-unsaturated/α-hetero) is 1. The lowest BCUT2D eigenvalue weighted by Gasteiger charge is -2.34. The quantitative estimate of drug-likeness (QED) is 0.398. The van der Waals surface area contributed by atoms with E-state index in [2.05, 4.69) is 10.6 Å². The minimum atomic E-state index is -1.16. The summed E-state index contributed by atoms with van der Waals surface area (Å²) in [4.78, 5) is 61.5. The van der Waals surface area contributed by atoms with Gasteiger partial charge in [-0.15, -0.1) is 0 Å². The molecule has 0 fully saturated rings. The molecule has 2 atom stereocenters. The van der Waals surface area contributed by atoms with Crippen molar-refractivity contribution >= 4 is 35.5 Å². The molecule has 32 heavy (non-hydrogen) atoms. The lowest BCUT2D eigenvalue weighted by atomic mass is 9.86. The summed E-state index contributed by atoms with van der Waals surface area (Å²) >= 11 is 0. The van der Waals surface area contributed by atoms with Crippen LogP contribution in [0.3, 0.4) is 0 Å². The average Bonchev–Trinajstić information content (AvgIpc) is 3.08. The molecule has 1 aromatic rings. The molecule has 1 aliphatic heterocycles. The summed E-state index contributed by atoms with van der Waals surface area (Å²) in [5.74, 6) is -1.48. The molecule has 2 N–H and O–H groups in total. The van der Waals surface area contributed by atoms with Crippen LogP contribution < -0.4 is 15.5 Å². The Balaban J connectivity index is 2.05. The van der Waals surface area contributed by atoms with E-state index >= 15 is 0 Å². The summed E-state index contributed by atoms with van der Waals surface area (Å²) in [6.07, 6.45) is 3.15. The first kappa shape index (κ1) is 25.1. The molecule has 8 heteroatoms. The van der Waals surface area contributed by atoms with Crippen LogP contribution >= 0.6 is 0 Å². The summed E-state index contributed by atoms with van der Waals surface area (Å²) in [7, 11) is 0. The topological polar surface area (TPSA) is 113 Å². The van der Waals surface area contributed by atoms with Crippen molar-refractivity contribution in [1.29, 1.82) is 0 Å². The smallest absolute Gasteiger partial charge is 0.258 e. The maximum Gasteiger partial charge on any atom is 0.258 e. The molecule has 0 saturated heterocycles. The van der Waals surface area contributed by atoms with Crippen molar-refractivity contribution in [2.24, 2.45) is 11.8 Å². The number of ketones is 1. The van der Waals surface area contributed by atoms with Gasteiger partial charge in [0.15, 0.2) is 5.78 Å². The van der Waals surface area contributed by atoms with E-state index in [1.807, 2.05) is 27.7 Å². The number of anilines is 1. The van der Waals surface area contributed by atoms with E-state index in [4.69, 9.17) is 0 Å². The molecular formula is C24H31N3O5. The fraction of sp³-hybridized carbons (Fsp3) is 0.458. The number of benzene rings is 1. The Morgan fingerprint density at radius 2 is 1.56 bits per heavy atom. The van der Waals surface area contributed by atoms with Gasteiger partial charge < -0.3 is 15.4 Å². The second kappa shape index (κ2) is 10.5. The Morgan fingerprint density at radius 1 is 1.00 bits per heavy atom. The first-order valence-corrected chi connectivity index (χ1v) is 10.7. The molecule has 0 spiro atoms. The van der Waals surface area contributed by atoms with Gasteiger partial charge in [0, 0.05) is 24.6 Å². The van der Waals surface area contributed by atoms with E-state index in [9.17, 15) is 24.0 Å². The fourth-order valence-corrected chi connectivity index (χ4v) is 3.43. The van der Waals surface area contributed by atoms with Crippen molar-refractivity contribution < 1.29 is 24.0 Å². The molecule has 0 aliphatic carbocycles. The third-order valence-corrected chi connectivity index (χ3v) is 5.68. The number of carbonyl (C=O) groups excluding carboxylic acids is 5. The van der Waals surface area contributed by atoms with Crippen LogP contribution in [0.25, 0.3) is 0 Å². The summed E-state index contributed by atoms with van der Waals surface area (Å²) < 4.78 is 0. The standard InChI is InChI=1S/C24H31N3O5/c1-15(2)23(32)17(5)25-13-24(14-28,16(3)4)26-20(29)12-18-6-8-19(9-7-18)27-21(30)10-11-22(27)31/h6-11,14-17,25H,12-13H2,1-5H3,(H,26,29)/t17-,24?/m0/s1. The van der Waals surface area contributed by atoms with Gasteiger partial charge in [-0.2, -0.15) is 0 Å². The number of rotatable bonds is 11. The first-order valence-electron chi connectivity index (χ1n) is 10.7. The second-order valence-electron chi connectivity index (χ2n) is 8.71. The number of imide groups is 1. The van der Waals surface area contributed by atoms with Crippen molar-refractivity contribution in [3.05, 3.63) is 42.0 Å². The van der Waals surface area contributed by atoms with Crippen LogP contribution in [0, 0.1) is 11.8 Å². The Kier molecular flexibility index (Phi) is 8.21. The highest BCUT2D eigenvalue weighted by molar-refractivity contribution is 6.28. The van der Waals surface area contributed by atoms with E-state index in [0.29, 0.717) is 11.3 Å². The summed E-state index contributed by atoms with van der Waals surface area (Å²) in [6.45, 7) is 9.16. The maximum atomic E-state index is 12.7. The Hall–Kier alpha value is -3.13. The highest BCUT2D eigenvalue weighted by Gasteiger charge is 2.36. The molecule has 2 rings (SSSR count). The van der Waals surface area contributed by atoms with Crippen molar-refractivity contribution in [3.8, 4) is 0 Å². The van der Waals surface area contributed by atoms with Crippen LogP contribution in [-0.2, 0) is 30.4 Å². The Labute approximate surface area is 188 Å². The molecule has 0 radical (unpaired) electrons. The normalized spacial score (nSPS) is 16.4. The Morgan fingerprint density at radius 3 is 2.03 bits per heavy atom. The average molecular weight is 442 g/mol. The zero-order valence-corrected chi connectivity index (χ0v) is 19.2. The van der Waals surface area contributed by atoms with Crippen LogP contribution in [-0.4, -0.2) is 47.9 Å². The van der Waals surface area contributed by atoms with Crippen LogP contribution in [0.2, 0.25) is 0 Å². The van der Waals surface area contributed by atoms with E-state index in [-0.39, 0.29) is 36.5 Å². The summed E-state index contributed by atoms with van der Waals surface area (Å²) in [5, 5.41) is 5.91. The van der Waals surface area contributed by atoms with Crippen molar-refractivity contribution in [3.63, 3.8) is 0 Å². The summed E-state index contributed by atoms with van der Waals surface area (Å²) in [5.41, 5.74) is -0.0763. The van der Waals surface area contributed by atoms with Gasteiger partial charge in [-0.3, -0.25) is 19.2 Å². The lowest BCUT2D eigenvalue weighted by Crippen LogP contribution is -2.61. The number of nitrogens with zero attached hydrogens (tertiary/aromatic N) is 1. The summed E-state index contributed by atoms with van der Waals surface area (Å²) in [6, 6.07) is 6.08. The largest absolute Gasteiger partial charge is 0.342 e. The molecule has 3 amide bonds.